The molecular formula is C18H28N2O. The van der Waals surface area contributed by atoms with E-state index < -0.39 is 0 Å². The minimum Gasteiger partial charge on any atom is -0.382 e. The smallest absolute Gasteiger partial charge is 0.224 e. The van der Waals surface area contributed by atoms with Gasteiger partial charge in [-0.2, -0.15) is 0 Å². The second-order valence-corrected chi connectivity index (χ2v) is 6.11. The van der Waals surface area contributed by atoms with Gasteiger partial charge in [0.1, 0.15) is 0 Å². The van der Waals surface area contributed by atoms with Gasteiger partial charge >= 0.3 is 0 Å². The molecule has 3 nitrogen and oxygen atoms in total. The third kappa shape index (κ3) is 5.07. The van der Waals surface area contributed by atoms with Gasteiger partial charge in [-0.05, 0) is 43.4 Å². The molecule has 21 heavy (non-hydrogen) atoms. The predicted octanol–water partition coefficient (Wildman–Crippen LogP) is 4.81. The topological polar surface area (TPSA) is 41.1 Å². The van der Waals surface area contributed by atoms with Crippen LogP contribution >= 0.6 is 0 Å². The summed E-state index contributed by atoms with van der Waals surface area (Å²) in [6.07, 6.45) is 8.36. The molecule has 116 valence electrons. The molecule has 0 saturated heterocycles. The van der Waals surface area contributed by atoms with E-state index in [0.29, 0.717) is 12.5 Å². The number of carbonyl (C=O) groups excluding carboxylic acids is 1. The van der Waals surface area contributed by atoms with E-state index >= 15 is 0 Å². The summed E-state index contributed by atoms with van der Waals surface area (Å²) in [5, 5.41) is 6.56. The largest absolute Gasteiger partial charge is 0.382 e. The zero-order chi connectivity index (χ0) is 15.1. The second kappa shape index (κ2) is 8.06. The van der Waals surface area contributed by atoms with Crippen molar-refractivity contribution in [3.8, 4) is 0 Å². The molecule has 0 radical (unpaired) electrons. The number of benzene rings is 1. The minimum absolute atomic E-state index is 0.0624. The molecule has 1 aliphatic carbocycles. The third-order valence-electron chi connectivity index (χ3n) is 4.50. The molecule has 0 aliphatic heterocycles. The molecule has 1 aromatic rings. The summed E-state index contributed by atoms with van der Waals surface area (Å²) >= 11 is 0. The first-order chi connectivity index (χ1) is 10.2. The molecule has 1 fully saturated rings. The van der Waals surface area contributed by atoms with Gasteiger partial charge in [-0.1, -0.05) is 39.2 Å². The number of hydrogen-bond donors (Lipinski definition) is 2. The Morgan fingerprint density at radius 1 is 1.14 bits per heavy atom. The molecule has 0 aromatic heterocycles. The maximum absolute atomic E-state index is 11.5. The van der Waals surface area contributed by atoms with Crippen molar-refractivity contribution >= 4 is 17.3 Å². The maximum Gasteiger partial charge on any atom is 0.224 e. The molecule has 1 amide bonds. The molecular weight excluding hydrogens is 260 g/mol. The molecule has 2 N–H and O–H groups in total. The molecule has 3 heteroatoms. The molecule has 0 bridgehead atoms. The predicted molar refractivity (Wildman–Crippen MR) is 89.6 cm³/mol. The Morgan fingerprint density at radius 3 is 2.71 bits per heavy atom. The maximum atomic E-state index is 11.5. The van der Waals surface area contributed by atoms with Gasteiger partial charge in [0.15, 0.2) is 0 Å². The molecule has 2 unspecified atom stereocenters. The van der Waals surface area contributed by atoms with Crippen molar-refractivity contribution in [2.45, 2.75) is 64.8 Å². The van der Waals surface area contributed by atoms with Crippen LogP contribution in [0, 0.1) is 5.92 Å². The highest BCUT2D eigenvalue weighted by Crippen LogP contribution is 2.27. The van der Waals surface area contributed by atoms with E-state index in [1.165, 1.54) is 38.5 Å². The Morgan fingerprint density at radius 2 is 1.95 bits per heavy atom. The zero-order valence-electron chi connectivity index (χ0n) is 13.3. The molecule has 1 aromatic carbocycles. The van der Waals surface area contributed by atoms with Gasteiger partial charge in [-0.3, -0.25) is 4.79 Å². The highest BCUT2D eigenvalue weighted by Gasteiger charge is 2.17. The first-order valence-electron chi connectivity index (χ1n) is 8.37. The number of hydrogen-bond acceptors (Lipinski definition) is 2. The lowest BCUT2D eigenvalue weighted by Gasteiger charge is -2.18. The van der Waals surface area contributed by atoms with Crippen LogP contribution < -0.4 is 10.6 Å². The van der Waals surface area contributed by atoms with Crippen molar-refractivity contribution in [1.29, 1.82) is 0 Å². The first kappa shape index (κ1) is 15.9. The fraction of sp³-hybridized carbons (Fsp3) is 0.611. The lowest BCUT2D eigenvalue weighted by molar-refractivity contribution is -0.115. The summed E-state index contributed by atoms with van der Waals surface area (Å²) < 4.78 is 0. The quantitative estimate of drug-likeness (QED) is 0.764. The van der Waals surface area contributed by atoms with Crippen molar-refractivity contribution in [2.75, 3.05) is 10.6 Å². The summed E-state index contributed by atoms with van der Waals surface area (Å²) in [7, 11) is 0. The Bertz CT molecular complexity index is 458. The Kier molecular flexibility index (Phi) is 6.09. The minimum atomic E-state index is 0.0624. The monoisotopic (exact) mass is 288 g/mol. The average molecular weight is 288 g/mol. The van der Waals surface area contributed by atoms with E-state index in [1.807, 2.05) is 25.1 Å². The van der Waals surface area contributed by atoms with E-state index in [1.54, 1.807) is 0 Å². The van der Waals surface area contributed by atoms with Crippen LogP contribution in [0.3, 0.4) is 0 Å². The van der Waals surface area contributed by atoms with Crippen molar-refractivity contribution < 1.29 is 4.79 Å². The Hall–Kier alpha value is -1.51. The number of amides is 1. The molecule has 0 heterocycles. The van der Waals surface area contributed by atoms with Gasteiger partial charge in [-0.25, -0.2) is 0 Å². The van der Waals surface area contributed by atoms with Crippen molar-refractivity contribution in [2.24, 2.45) is 5.92 Å². The summed E-state index contributed by atoms with van der Waals surface area (Å²) in [4.78, 5) is 11.5. The molecule has 1 aliphatic rings. The molecule has 0 spiro atoms. The van der Waals surface area contributed by atoms with Crippen LogP contribution in [-0.2, 0) is 4.79 Å². The highest BCUT2D eigenvalue weighted by molar-refractivity contribution is 5.90. The van der Waals surface area contributed by atoms with E-state index in [9.17, 15) is 4.79 Å². The Labute approximate surface area is 128 Å². The van der Waals surface area contributed by atoms with Crippen molar-refractivity contribution in [1.82, 2.24) is 0 Å². The molecule has 2 atom stereocenters. The van der Waals surface area contributed by atoms with E-state index in [4.69, 9.17) is 0 Å². The van der Waals surface area contributed by atoms with Crippen LogP contribution in [0.5, 0.6) is 0 Å². The van der Waals surface area contributed by atoms with E-state index in [0.717, 1.165) is 17.3 Å². The number of anilines is 2. The van der Waals surface area contributed by atoms with Gasteiger partial charge in [0.05, 0.1) is 0 Å². The van der Waals surface area contributed by atoms with Gasteiger partial charge in [0.25, 0.3) is 0 Å². The van der Waals surface area contributed by atoms with Crippen molar-refractivity contribution in [3.63, 3.8) is 0 Å². The van der Waals surface area contributed by atoms with Crippen LogP contribution in [0.2, 0.25) is 0 Å². The van der Waals surface area contributed by atoms with Crippen molar-refractivity contribution in [3.05, 3.63) is 24.3 Å². The molecule has 1 saturated carbocycles. The molecule has 2 rings (SSSR count). The van der Waals surface area contributed by atoms with Crippen LogP contribution in [-0.4, -0.2) is 11.9 Å². The van der Waals surface area contributed by atoms with Gasteiger partial charge < -0.3 is 10.6 Å². The fourth-order valence-corrected chi connectivity index (χ4v) is 3.10. The SMILES string of the molecule is CCC(=O)Nc1cccc(NC2CCCC(CC)CC2)c1. The summed E-state index contributed by atoms with van der Waals surface area (Å²) in [6.45, 7) is 4.17. The van der Waals surface area contributed by atoms with Crippen LogP contribution in [0.25, 0.3) is 0 Å². The van der Waals surface area contributed by atoms with Crippen LogP contribution in [0.1, 0.15) is 58.8 Å². The standard InChI is InChI=1S/C18H28N2O/c1-3-14-7-5-8-15(12-11-14)19-16-9-6-10-17(13-16)20-18(21)4-2/h6,9-10,13-15,19H,3-5,7-8,11-12H2,1-2H3,(H,20,21). The average Bonchev–Trinajstić information content (AvgIpc) is 2.72. The lowest BCUT2D eigenvalue weighted by Crippen LogP contribution is -2.18. The summed E-state index contributed by atoms with van der Waals surface area (Å²) in [6, 6.07) is 8.64. The van der Waals surface area contributed by atoms with Crippen LogP contribution in [0.4, 0.5) is 11.4 Å². The van der Waals surface area contributed by atoms with E-state index in [-0.39, 0.29) is 5.91 Å². The first-order valence-corrected chi connectivity index (χ1v) is 8.37. The lowest BCUT2D eigenvalue weighted by atomic mass is 9.98. The summed E-state index contributed by atoms with van der Waals surface area (Å²) in [5.74, 6) is 0.972. The number of nitrogens with one attached hydrogen (secondary N) is 2. The zero-order valence-corrected chi connectivity index (χ0v) is 13.3. The highest BCUT2D eigenvalue weighted by atomic mass is 16.1. The second-order valence-electron chi connectivity index (χ2n) is 6.11. The normalized spacial score (nSPS) is 22.4. The number of carbonyl (C=O) groups is 1. The van der Waals surface area contributed by atoms with E-state index in [2.05, 4.69) is 23.6 Å². The third-order valence-corrected chi connectivity index (χ3v) is 4.50. The summed E-state index contributed by atoms with van der Waals surface area (Å²) in [5.41, 5.74) is 2.00. The fourth-order valence-electron chi connectivity index (χ4n) is 3.10. The number of rotatable bonds is 5. The van der Waals surface area contributed by atoms with Crippen LogP contribution in [0.15, 0.2) is 24.3 Å². The Balaban J connectivity index is 1.93. The van der Waals surface area contributed by atoms with Gasteiger partial charge in [0, 0.05) is 23.8 Å². The van der Waals surface area contributed by atoms with Gasteiger partial charge in [0.2, 0.25) is 5.91 Å². The van der Waals surface area contributed by atoms with Gasteiger partial charge in [-0.15, -0.1) is 0 Å².